The van der Waals surface area contributed by atoms with Crippen molar-refractivity contribution in [2.45, 2.75) is 0 Å². The van der Waals surface area contributed by atoms with Crippen molar-refractivity contribution >= 4 is 22.3 Å². The van der Waals surface area contributed by atoms with Gasteiger partial charge in [-0.15, -0.1) is 12.6 Å². The lowest BCUT2D eigenvalue weighted by atomic mass is 10.2. The van der Waals surface area contributed by atoms with E-state index in [0.29, 0.717) is 5.69 Å². The number of hydrogen-bond donors (Lipinski definition) is 2. The molecular weight excluding hydrogens is 210 g/mol. The van der Waals surface area contributed by atoms with Gasteiger partial charge in [-0.3, -0.25) is 0 Å². The summed E-state index contributed by atoms with van der Waals surface area (Å²) in [5, 5.41) is 8.43. The maximum absolute atomic E-state index is 10.3. The maximum Gasteiger partial charge on any atom is 0.425 e. The van der Waals surface area contributed by atoms with Gasteiger partial charge in [-0.25, -0.2) is 4.79 Å². The zero-order chi connectivity index (χ0) is 11.1. The SMILES string of the molecule is Nc1ccc(C(=O)O)cc1.O=S(=O)=O. The lowest BCUT2D eigenvalue weighted by molar-refractivity contribution is 0.0697. The van der Waals surface area contributed by atoms with Crippen LogP contribution in [0.15, 0.2) is 24.3 Å². The molecule has 1 aromatic rings. The predicted molar refractivity (Wildman–Crippen MR) is 47.5 cm³/mol. The number of hydrogen-bond acceptors (Lipinski definition) is 5. The van der Waals surface area contributed by atoms with E-state index in [-0.39, 0.29) is 5.56 Å². The molecule has 0 amide bonds. The Morgan fingerprint density at radius 2 is 1.50 bits per heavy atom. The van der Waals surface area contributed by atoms with E-state index in [4.69, 9.17) is 23.5 Å². The second-order valence-electron chi connectivity index (χ2n) is 2.13. The molecule has 0 aromatic heterocycles. The van der Waals surface area contributed by atoms with Crippen molar-refractivity contribution in [1.29, 1.82) is 0 Å². The number of carboxylic acid groups (broad SMARTS) is 1. The van der Waals surface area contributed by atoms with Gasteiger partial charge in [-0.2, -0.15) is 0 Å². The van der Waals surface area contributed by atoms with Crippen LogP contribution >= 0.6 is 0 Å². The molecule has 0 saturated carbocycles. The highest BCUT2D eigenvalue weighted by molar-refractivity contribution is 7.59. The van der Waals surface area contributed by atoms with Crippen LogP contribution in [0.25, 0.3) is 0 Å². The van der Waals surface area contributed by atoms with Crippen LogP contribution in [0.2, 0.25) is 0 Å². The van der Waals surface area contributed by atoms with Gasteiger partial charge in [-0.1, -0.05) is 0 Å². The summed E-state index contributed by atoms with van der Waals surface area (Å²) in [5.41, 5.74) is 6.17. The van der Waals surface area contributed by atoms with Crippen LogP contribution in [0.4, 0.5) is 5.69 Å². The van der Waals surface area contributed by atoms with E-state index in [1.165, 1.54) is 12.1 Å². The van der Waals surface area contributed by atoms with Crippen LogP contribution in [-0.4, -0.2) is 23.7 Å². The predicted octanol–water partition coefficient (Wildman–Crippen LogP) is -0.0371. The molecule has 0 spiro atoms. The number of carbonyl (C=O) groups is 1. The lowest BCUT2D eigenvalue weighted by Crippen LogP contribution is -1.95. The Kier molecular flexibility index (Phi) is 4.93. The monoisotopic (exact) mass is 217 g/mol. The largest absolute Gasteiger partial charge is 0.478 e. The van der Waals surface area contributed by atoms with Crippen molar-refractivity contribution in [3.8, 4) is 0 Å². The fourth-order valence-electron chi connectivity index (χ4n) is 0.626. The highest BCUT2D eigenvalue weighted by Gasteiger charge is 1.98. The summed E-state index contributed by atoms with van der Waals surface area (Å²) < 4.78 is 25.3. The molecule has 0 bridgehead atoms. The van der Waals surface area contributed by atoms with Gasteiger partial charge in [0.15, 0.2) is 0 Å². The molecule has 1 rings (SSSR count). The van der Waals surface area contributed by atoms with Gasteiger partial charge in [-0.05, 0) is 24.3 Å². The summed E-state index contributed by atoms with van der Waals surface area (Å²) >= 11 is 0. The third kappa shape index (κ3) is 5.72. The number of anilines is 1. The molecule has 7 heteroatoms. The van der Waals surface area contributed by atoms with Gasteiger partial charge in [0.25, 0.3) is 0 Å². The number of aromatic carboxylic acids is 1. The Hall–Kier alpha value is -1.89. The zero-order valence-electron chi connectivity index (χ0n) is 6.88. The van der Waals surface area contributed by atoms with Gasteiger partial charge >= 0.3 is 16.6 Å². The van der Waals surface area contributed by atoms with Crippen LogP contribution in [0.1, 0.15) is 10.4 Å². The Labute approximate surface area is 81.0 Å². The van der Waals surface area contributed by atoms with Crippen LogP contribution in [-0.2, 0) is 10.6 Å². The number of benzene rings is 1. The molecule has 1 aromatic carbocycles. The summed E-state index contributed by atoms with van der Waals surface area (Å²) in [6.45, 7) is 0. The van der Waals surface area contributed by atoms with Crippen LogP contribution in [0.3, 0.4) is 0 Å². The average Bonchev–Trinajstić information content (AvgIpc) is 2.03. The molecule has 0 atom stereocenters. The van der Waals surface area contributed by atoms with Crippen molar-refractivity contribution in [1.82, 2.24) is 0 Å². The smallest absolute Gasteiger partial charge is 0.425 e. The fraction of sp³-hybridized carbons (Fsp3) is 0. The molecule has 0 aliphatic rings. The second kappa shape index (κ2) is 5.70. The summed E-state index contributed by atoms with van der Waals surface area (Å²) in [6.07, 6.45) is 0. The van der Waals surface area contributed by atoms with E-state index in [1.54, 1.807) is 12.1 Å². The first-order valence-corrected chi connectivity index (χ1v) is 4.29. The fourth-order valence-corrected chi connectivity index (χ4v) is 0.626. The first-order valence-electron chi connectivity index (χ1n) is 3.29. The van der Waals surface area contributed by atoms with Crippen molar-refractivity contribution in [2.24, 2.45) is 0 Å². The van der Waals surface area contributed by atoms with E-state index < -0.39 is 16.6 Å². The summed E-state index contributed by atoms with van der Waals surface area (Å²) in [6, 6.07) is 6.06. The van der Waals surface area contributed by atoms with E-state index in [1.807, 2.05) is 0 Å². The summed E-state index contributed by atoms with van der Waals surface area (Å²) in [5.74, 6) is -0.931. The van der Waals surface area contributed by atoms with Gasteiger partial charge in [0.2, 0.25) is 0 Å². The van der Waals surface area contributed by atoms with Gasteiger partial charge in [0.05, 0.1) is 5.56 Å². The topological polar surface area (TPSA) is 115 Å². The normalized spacial score (nSPS) is 8.29. The molecule has 0 radical (unpaired) electrons. The first kappa shape index (κ1) is 12.1. The van der Waals surface area contributed by atoms with Crippen LogP contribution in [0, 0.1) is 0 Å². The molecule has 0 fully saturated rings. The Bertz CT molecular complexity index is 400. The quantitative estimate of drug-likeness (QED) is 0.638. The third-order valence-electron chi connectivity index (χ3n) is 1.16. The third-order valence-corrected chi connectivity index (χ3v) is 1.16. The Balaban J connectivity index is 0.000000364. The molecule has 0 unspecified atom stereocenters. The molecule has 0 saturated heterocycles. The second-order valence-corrected chi connectivity index (χ2v) is 2.54. The summed E-state index contributed by atoms with van der Waals surface area (Å²) in [7, 11) is -3.11. The number of rotatable bonds is 1. The molecule has 76 valence electrons. The zero-order valence-corrected chi connectivity index (χ0v) is 7.69. The molecule has 0 aliphatic heterocycles. The number of carboxylic acids is 1. The minimum absolute atomic E-state index is 0.259. The standard InChI is InChI=1S/C7H7NO2.O3S/c8-6-3-1-5(2-4-6)7(9)10;1-4(2)3/h1-4H,8H2,(H,9,10);. The lowest BCUT2D eigenvalue weighted by Gasteiger charge is -1.93. The molecule has 6 nitrogen and oxygen atoms in total. The van der Waals surface area contributed by atoms with E-state index >= 15 is 0 Å². The molecular formula is C7H7NO5S. The molecule has 0 aliphatic carbocycles. The minimum Gasteiger partial charge on any atom is -0.478 e. The van der Waals surface area contributed by atoms with Crippen molar-refractivity contribution < 1.29 is 22.5 Å². The average molecular weight is 217 g/mol. The van der Waals surface area contributed by atoms with Crippen LogP contribution in [0.5, 0.6) is 0 Å². The van der Waals surface area contributed by atoms with Gasteiger partial charge in [0.1, 0.15) is 0 Å². The first-order chi connectivity index (χ1) is 6.43. The van der Waals surface area contributed by atoms with Crippen molar-refractivity contribution in [3.05, 3.63) is 29.8 Å². The van der Waals surface area contributed by atoms with Gasteiger partial charge < -0.3 is 10.8 Å². The van der Waals surface area contributed by atoms with Crippen LogP contribution < -0.4 is 5.73 Å². The highest BCUT2D eigenvalue weighted by atomic mass is 32.2. The molecule has 3 N–H and O–H groups in total. The number of nitrogen functional groups attached to an aromatic ring is 1. The molecule has 14 heavy (non-hydrogen) atoms. The minimum atomic E-state index is -3.11. The van der Waals surface area contributed by atoms with Crippen molar-refractivity contribution in [3.63, 3.8) is 0 Å². The van der Waals surface area contributed by atoms with E-state index in [2.05, 4.69) is 0 Å². The van der Waals surface area contributed by atoms with Gasteiger partial charge in [0, 0.05) is 5.69 Å². The number of nitrogens with two attached hydrogens (primary N) is 1. The molecule has 0 heterocycles. The maximum atomic E-state index is 10.3. The van der Waals surface area contributed by atoms with Crippen molar-refractivity contribution in [2.75, 3.05) is 5.73 Å². The van der Waals surface area contributed by atoms with E-state index in [0.717, 1.165) is 0 Å². The Morgan fingerprint density at radius 1 is 1.14 bits per heavy atom. The Morgan fingerprint density at radius 3 is 1.79 bits per heavy atom. The summed E-state index contributed by atoms with van der Waals surface area (Å²) in [4.78, 5) is 10.3. The van der Waals surface area contributed by atoms with E-state index in [9.17, 15) is 4.79 Å². The highest BCUT2D eigenvalue weighted by Crippen LogP contribution is 2.04.